The first-order chi connectivity index (χ1) is 8.25. The summed E-state index contributed by atoms with van der Waals surface area (Å²) in [5, 5.41) is 6.87. The zero-order valence-corrected chi connectivity index (χ0v) is 9.58. The molecular weight excluding hydrogens is 216 g/mol. The van der Waals surface area contributed by atoms with Crippen LogP contribution < -0.4 is 5.32 Å². The first kappa shape index (κ1) is 11.3. The molecular formula is C12H14N4O. The molecule has 0 unspecified atom stereocenters. The van der Waals surface area contributed by atoms with Crippen molar-refractivity contribution in [2.75, 3.05) is 0 Å². The van der Waals surface area contributed by atoms with Crippen LogP contribution in [-0.4, -0.2) is 20.7 Å². The molecule has 17 heavy (non-hydrogen) atoms. The second-order valence-corrected chi connectivity index (χ2v) is 3.78. The van der Waals surface area contributed by atoms with Crippen LogP contribution in [0, 0.1) is 0 Å². The van der Waals surface area contributed by atoms with E-state index >= 15 is 0 Å². The SMILES string of the molecule is C[C@@H](NC(=O)Cn1cccn1)c1cccnc1. The zero-order valence-electron chi connectivity index (χ0n) is 9.58. The predicted molar refractivity (Wildman–Crippen MR) is 63.0 cm³/mol. The van der Waals surface area contributed by atoms with Crippen LogP contribution in [0.3, 0.4) is 0 Å². The van der Waals surface area contributed by atoms with Gasteiger partial charge < -0.3 is 5.32 Å². The van der Waals surface area contributed by atoms with Crippen molar-refractivity contribution in [1.29, 1.82) is 0 Å². The summed E-state index contributed by atoms with van der Waals surface area (Å²) in [7, 11) is 0. The van der Waals surface area contributed by atoms with Gasteiger partial charge in [0, 0.05) is 24.8 Å². The summed E-state index contributed by atoms with van der Waals surface area (Å²) in [6, 6.07) is 5.53. The van der Waals surface area contributed by atoms with Gasteiger partial charge >= 0.3 is 0 Å². The van der Waals surface area contributed by atoms with E-state index in [0.717, 1.165) is 5.56 Å². The highest BCUT2D eigenvalue weighted by Gasteiger charge is 2.09. The van der Waals surface area contributed by atoms with Crippen molar-refractivity contribution >= 4 is 5.91 Å². The molecule has 0 saturated heterocycles. The third-order valence-electron chi connectivity index (χ3n) is 2.43. The monoisotopic (exact) mass is 230 g/mol. The van der Waals surface area contributed by atoms with Gasteiger partial charge in [0.05, 0.1) is 6.04 Å². The Morgan fingerprint density at radius 2 is 2.35 bits per heavy atom. The van der Waals surface area contributed by atoms with Crippen LogP contribution in [-0.2, 0) is 11.3 Å². The summed E-state index contributed by atoms with van der Waals surface area (Å²) >= 11 is 0. The van der Waals surface area contributed by atoms with Crippen LogP contribution in [0.1, 0.15) is 18.5 Å². The lowest BCUT2D eigenvalue weighted by molar-refractivity contribution is -0.122. The van der Waals surface area contributed by atoms with Crippen LogP contribution in [0.2, 0.25) is 0 Å². The van der Waals surface area contributed by atoms with Crippen molar-refractivity contribution in [2.24, 2.45) is 0 Å². The summed E-state index contributed by atoms with van der Waals surface area (Å²) in [6.45, 7) is 2.16. The fourth-order valence-electron chi connectivity index (χ4n) is 1.54. The van der Waals surface area contributed by atoms with E-state index in [1.54, 1.807) is 35.5 Å². The molecule has 0 aliphatic heterocycles. The number of nitrogens with zero attached hydrogens (tertiary/aromatic N) is 3. The van der Waals surface area contributed by atoms with Crippen LogP contribution >= 0.6 is 0 Å². The number of nitrogens with one attached hydrogen (secondary N) is 1. The Morgan fingerprint density at radius 1 is 1.47 bits per heavy atom. The van der Waals surface area contributed by atoms with Crippen LogP contribution in [0.5, 0.6) is 0 Å². The Balaban J connectivity index is 1.91. The van der Waals surface area contributed by atoms with Gasteiger partial charge in [0.2, 0.25) is 5.91 Å². The molecule has 2 aromatic rings. The Hall–Kier alpha value is -2.17. The maximum absolute atomic E-state index is 11.7. The van der Waals surface area contributed by atoms with Gasteiger partial charge in [-0.15, -0.1) is 0 Å². The molecule has 1 N–H and O–H groups in total. The van der Waals surface area contributed by atoms with Crippen LogP contribution in [0.4, 0.5) is 0 Å². The van der Waals surface area contributed by atoms with Gasteiger partial charge in [0.1, 0.15) is 6.54 Å². The number of rotatable bonds is 4. The zero-order chi connectivity index (χ0) is 12.1. The van der Waals surface area contributed by atoms with Crippen molar-refractivity contribution in [3.8, 4) is 0 Å². The molecule has 0 spiro atoms. The van der Waals surface area contributed by atoms with Gasteiger partial charge in [-0.05, 0) is 24.6 Å². The molecule has 1 amide bonds. The van der Waals surface area contributed by atoms with Crippen molar-refractivity contribution in [3.05, 3.63) is 48.5 Å². The molecule has 2 rings (SSSR count). The van der Waals surface area contributed by atoms with E-state index in [1.165, 1.54) is 0 Å². The van der Waals surface area contributed by atoms with E-state index in [0.29, 0.717) is 0 Å². The minimum atomic E-state index is -0.0648. The summed E-state index contributed by atoms with van der Waals surface area (Å²) in [6.07, 6.45) is 6.87. The van der Waals surface area contributed by atoms with E-state index < -0.39 is 0 Å². The fraction of sp³-hybridized carbons (Fsp3) is 0.250. The van der Waals surface area contributed by atoms with E-state index in [2.05, 4.69) is 15.4 Å². The molecule has 0 aliphatic rings. The fourth-order valence-corrected chi connectivity index (χ4v) is 1.54. The molecule has 2 aromatic heterocycles. The number of hydrogen-bond acceptors (Lipinski definition) is 3. The molecule has 2 heterocycles. The summed E-state index contributed by atoms with van der Waals surface area (Å²) in [5.41, 5.74) is 0.987. The summed E-state index contributed by atoms with van der Waals surface area (Å²) < 4.78 is 1.59. The van der Waals surface area contributed by atoms with Crippen molar-refractivity contribution in [2.45, 2.75) is 19.5 Å². The minimum absolute atomic E-state index is 0.0493. The number of hydrogen-bond donors (Lipinski definition) is 1. The lowest BCUT2D eigenvalue weighted by Crippen LogP contribution is -2.30. The Bertz CT molecular complexity index is 467. The highest BCUT2D eigenvalue weighted by Crippen LogP contribution is 2.09. The lowest BCUT2D eigenvalue weighted by Gasteiger charge is -2.13. The first-order valence-electron chi connectivity index (χ1n) is 5.42. The Labute approximate surface area is 99.5 Å². The molecule has 0 aromatic carbocycles. The standard InChI is InChI=1S/C12H14N4O/c1-10(11-4-2-5-13-8-11)15-12(17)9-16-7-3-6-14-16/h2-8,10H,9H2,1H3,(H,15,17)/t10-/m1/s1. The molecule has 0 saturated carbocycles. The van der Waals surface area contributed by atoms with Crippen molar-refractivity contribution in [3.63, 3.8) is 0 Å². The van der Waals surface area contributed by atoms with Gasteiger partial charge in [-0.25, -0.2) is 0 Å². The largest absolute Gasteiger partial charge is 0.348 e. The number of amides is 1. The Kier molecular flexibility index (Phi) is 3.49. The average Bonchev–Trinajstić information content (AvgIpc) is 2.82. The second kappa shape index (κ2) is 5.25. The molecule has 0 fully saturated rings. The average molecular weight is 230 g/mol. The van der Waals surface area contributed by atoms with Gasteiger partial charge in [-0.2, -0.15) is 5.10 Å². The number of pyridine rings is 1. The number of carbonyl (C=O) groups is 1. The van der Waals surface area contributed by atoms with Gasteiger partial charge in [-0.3, -0.25) is 14.5 Å². The van der Waals surface area contributed by atoms with Gasteiger partial charge in [0.15, 0.2) is 0 Å². The maximum atomic E-state index is 11.7. The highest BCUT2D eigenvalue weighted by molar-refractivity contribution is 5.76. The normalized spacial score (nSPS) is 12.1. The number of aromatic nitrogens is 3. The van der Waals surface area contributed by atoms with Crippen LogP contribution in [0.15, 0.2) is 43.0 Å². The lowest BCUT2D eigenvalue weighted by atomic mass is 10.1. The quantitative estimate of drug-likeness (QED) is 0.857. The van der Waals surface area contributed by atoms with E-state index in [9.17, 15) is 4.79 Å². The first-order valence-corrected chi connectivity index (χ1v) is 5.42. The smallest absolute Gasteiger partial charge is 0.242 e. The topological polar surface area (TPSA) is 59.8 Å². The highest BCUT2D eigenvalue weighted by atomic mass is 16.2. The maximum Gasteiger partial charge on any atom is 0.242 e. The Morgan fingerprint density at radius 3 is 3.00 bits per heavy atom. The molecule has 0 radical (unpaired) electrons. The van der Waals surface area contributed by atoms with Crippen LogP contribution in [0.25, 0.3) is 0 Å². The van der Waals surface area contributed by atoms with Crippen molar-refractivity contribution in [1.82, 2.24) is 20.1 Å². The molecule has 0 bridgehead atoms. The molecule has 1 atom stereocenters. The third-order valence-corrected chi connectivity index (χ3v) is 2.43. The number of carbonyl (C=O) groups excluding carboxylic acids is 1. The molecule has 5 heteroatoms. The van der Waals surface area contributed by atoms with Gasteiger partial charge in [-0.1, -0.05) is 6.07 Å². The molecule has 0 aliphatic carbocycles. The summed E-state index contributed by atoms with van der Waals surface area (Å²) in [5.74, 6) is -0.0648. The third kappa shape index (κ3) is 3.14. The van der Waals surface area contributed by atoms with E-state index in [-0.39, 0.29) is 18.5 Å². The van der Waals surface area contributed by atoms with Crippen molar-refractivity contribution < 1.29 is 4.79 Å². The van der Waals surface area contributed by atoms with Gasteiger partial charge in [0.25, 0.3) is 0 Å². The predicted octanol–water partition coefficient (Wildman–Crippen LogP) is 1.16. The van der Waals surface area contributed by atoms with E-state index in [4.69, 9.17) is 0 Å². The summed E-state index contributed by atoms with van der Waals surface area (Å²) in [4.78, 5) is 15.7. The molecule has 88 valence electrons. The van der Waals surface area contributed by atoms with E-state index in [1.807, 2.05) is 19.1 Å². The molecule has 5 nitrogen and oxygen atoms in total. The minimum Gasteiger partial charge on any atom is -0.348 e. The second-order valence-electron chi connectivity index (χ2n) is 3.78.